The van der Waals surface area contributed by atoms with E-state index in [1.165, 1.54) is 61.9 Å². The number of hydrogen-bond donors (Lipinski definition) is 0. The van der Waals surface area contributed by atoms with E-state index in [4.69, 9.17) is 153 Å². The van der Waals surface area contributed by atoms with Crippen molar-refractivity contribution < 1.29 is 184 Å². The lowest BCUT2D eigenvalue weighted by Crippen LogP contribution is -2.46. The minimum Gasteiger partial charge on any atom is -0.493 e. The largest absolute Gasteiger partial charge is 0.493 e. The van der Waals surface area contributed by atoms with Crippen molar-refractivity contribution >= 4 is 34.7 Å². The third-order valence-corrected chi connectivity index (χ3v) is 23.4. The quantitative estimate of drug-likeness (QED) is 0.0466. The van der Waals surface area contributed by atoms with Gasteiger partial charge in [-0.15, -0.1) is 0 Å². The van der Waals surface area contributed by atoms with Crippen molar-refractivity contribution in [1.29, 1.82) is 0 Å². The van der Waals surface area contributed by atoms with E-state index in [1.807, 2.05) is 13.8 Å². The molecule has 15 atom stereocenters. The first-order valence-corrected chi connectivity index (χ1v) is 44.9. The average molecular weight is 2070 g/mol. The van der Waals surface area contributed by atoms with E-state index in [2.05, 4.69) is 0 Å². The summed E-state index contributed by atoms with van der Waals surface area (Å²) in [6.45, 7) is -24.5. The van der Waals surface area contributed by atoms with E-state index in [9.17, 15) is 31.5 Å². The molecule has 0 aromatic heterocycles. The van der Waals surface area contributed by atoms with E-state index in [0.717, 1.165) is 40.4 Å². The summed E-state index contributed by atoms with van der Waals surface area (Å²) in [6, 6.07) is -18.8. The first-order valence-electron chi connectivity index (χ1n) is 80.9. The number of aryl methyl sites for hydroxylation is 1. The predicted molar refractivity (Wildman–Crippen MR) is 575 cm³/mol. The molecule has 0 bridgehead atoms. The van der Waals surface area contributed by atoms with Gasteiger partial charge in [0.05, 0.1) is 106 Å². The van der Waals surface area contributed by atoms with Crippen LogP contribution in [0.15, 0.2) is 72.6 Å². The van der Waals surface area contributed by atoms with Gasteiger partial charge in [-0.3, -0.25) is 58.2 Å². The van der Waals surface area contributed by atoms with Crippen LogP contribution in [-0.2, 0) is 67.1 Å². The molecule has 12 aliphatic heterocycles. The number of hydrogen-bond acceptors (Lipinski definition) is 24. The molecule has 24 nitrogen and oxygen atoms in total. The molecule has 6 aromatic rings. The summed E-state index contributed by atoms with van der Waals surface area (Å²) >= 11 is 0. The lowest BCUT2D eigenvalue weighted by molar-refractivity contribution is -0.130. The second kappa shape index (κ2) is 53.5. The highest BCUT2D eigenvalue weighted by Gasteiger charge is 2.47. The van der Waals surface area contributed by atoms with E-state index in [1.54, 1.807) is 27.7 Å². The number of ketones is 6. The molecule has 0 saturated carbocycles. The van der Waals surface area contributed by atoms with Crippen LogP contribution < -0.4 is 56.8 Å². The molecule has 0 radical (unpaired) electrons. The molecule has 6 saturated heterocycles. The first-order chi connectivity index (χ1) is 95.4. The predicted octanol–water partition coefficient (Wildman–Crippen LogP) is 22.5. The van der Waals surface area contributed by atoms with Gasteiger partial charge >= 0.3 is 0 Å². The Bertz CT molecular complexity index is 9050. The molecule has 0 amide bonds. The fraction of sp³-hybridized carbons (Fsp3) is 0.650. The van der Waals surface area contributed by atoms with Crippen molar-refractivity contribution in [2.75, 3.05) is 164 Å². The molecule has 12 heterocycles. The number of fused-ring (bicyclic) bond motifs is 18. The average Bonchev–Trinajstić information content (AvgIpc) is 0.642. The van der Waals surface area contributed by atoms with Gasteiger partial charge in [0, 0.05) is 266 Å². The van der Waals surface area contributed by atoms with Gasteiger partial charge in [-0.05, 0) is 251 Å². The van der Waals surface area contributed by atoms with E-state index in [0.29, 0.717) is 46.8 Å². The summed E-state index contributed by atoms with van der Waals surface area (Å²) in [7, 11) is 14.2. The summed E-state index contributed by atoms with van der Waals surface area (Å²) < 4.78 is 675. The molecular formula is C120H180N6O18. The molecule has 18 rings (SSSR count). The number of rotatable bonds is 27. The minimum absolute atomic E-state index is 0. The smallest absolute Gasteiger partial charge is 0.161 e. The van der Waals surface area contributed by atoms with Crippen LogP contribution in [0, 0.1) is 70.9 Å². The van der Waals surface area contributed by atoms with Gasteiger partial charge in [0.2, 0.25) is 0 Å². The van der Waals surface area contributed by atoms with Crippen LogP contribution in [-0.4, -0.2) is 228 Å². The van der Waals surface area contributed by atoms with Gasteiger partial charge in [0.25, 0.3) is 0 Å². The summed E-state index contributed by atoms with van der Waals surface area (Å²) in [5.41, 5.74) is -5.88. The van der Waals surface area contributed by atoms with Gasteiger partial charge < -0.3 is 56.8 Å². The molecule has 0 aliphatic carbocycles. The van der Waals surface area contributed by atoms with Crippen LogP contribution in [0.3, 0.4) is 0 Å². The number of ether oxygens (including phenoxy) is 12. The molecule has 12 aliphatic rings. The molecule has 0 spiro atoms. The highest BCUT2D eigenvalue weighted by Crippen LogP contribution is 2.51. The normalized spacial score (nSPS) is 42.3. The van der Waals surface area contributed by atoms with Crippen LogP contribution >= 0.6 is 0 Å². The van der Waals surface area contributed by atoms with Crippen molar-refractivity contribution in [3.8, 4) is 69.0 Å². The van der Waals surface area contributed by atoms with Gasteiger partial charge in [-0.25, -0.2) is 0 Å². The molecule has 798 valence electrons. The van der Waals surface area contributed by atoms with Crippen LogP contribution in [0.5, 0.6) is 69.0 Å². The zero-order valence-electron chi connectivity index (χ0n) is 154. The third-order valence-electron chi connectivity index (χ3n) is 23.4. The maximum Gasteiger partial charge on any atom is 0.161 e. The third kappa shape index (κ3) is 27.2. The molecule has 6 fully saturated rings. The summed E-state index contributed by atoms with van der Waals surface area (Å²) in [5, 5.41) is 0. The maximum atomic E-state index is 13.9. The van der Waals surface area contributed by atoms with Crippen LogP contribution in [0.1, 0.15) is 403 Å². The number of Topliss-reactive ketones (excluding diaryl/α,β-unsaturated/α-hetero) is 6. The fourth-order valence-corrected chi connectivity index (χ4v) is 16.5. The number of nitrogens with zero attached hydrogens (tertiary/aromatic N) is 6. The van der Waals surface area contributed by atoms with Crippen molar-refractivity contribution in [3.05, 3.63) is 139 Å². The first kappa shape index (κ1) is 51.8. The number of benzene rings is 6. The van der Waals surface area contributed by atoms with Crippen LogP contribution in [0.2, 0.25) is 0 Å². The summed E-state index contributed by atoms with van der Waals surface area (Å²) in [5.74, 6) is -35.7. The highest BCUT2D eigenvalue weighted by molar-refractivity contribution is 5.86. The lowest BCUT2D eigenvalue weighted by Gasteiger charge is -2.43. The Labute approximate surface area is 965 Å². The second-order valence-electron chi connectivity index (χ2n) is 34.0. The Hall–Kier alpha value is -9.30. The summed E-state index contributed by atoms with van der Waals surface area (Å²) in [6.07, 6.45) is -48.5. The monoisotopic (exact) mass is 2070 g/mol. The standard InChI is InChI=1S/3C20H29NO3.3C19H27NO3.3CH4/c3*1-5-13(2)8-15-12-21-7-6-14-9-19(23-3)20(24-4)10-16(14)17(21)11-18(15)22;3*1-12(2)7-14-11-20-6-5-13-8-18(22-3)19(23-4)9-15(13)16(20)10-17(14)21;;;/h3*9-10,13,15,17H,5-8,11-12H2,1-4H3;3*8-9,12,14,16H,5-7,10-11H2,1-4H3;3*1H4/i2D3,5D2,6D2,7D2,8D2,9D,10D,11D2,13D,15D,17D;2D3,5D2,8D2,9D,10D,11D2,12D2,13D,15D;2D3,5D2,6D2,7D2,8D2,9D,10D,13D,17D;5D2,6D2,8D,9D,11D2,16D;5D2,6D2,10D2,14D,16D;5D2,6D2,8D,9D,16D;;;. The van der Waals surface area contributed by atoms with Crippen molar-refractivity contribution in [3.63, 3.8) is 0 Å². The fourth-order valence-electron chi connectivity index (χ4n) is 16.5. The number of carbonyl (C=O) groups is 6. The number of carbonyl (C=O) groups excluding carboxylic acids is 6. The van der Waals surface area contributed by atoms with Gasteiger partial charge in [0.1, 0.15) is 34.7 Å². The van der Waals surface area contributed by atoms with Crippen LogP contribution in [0.25, 0.3) is 0 Å². The summed E-state index contributed by atoms with van der Waals surface area (Å²) in [4.78, 5) is 83.8. The number of piperidine rings is 6. The topological polar surface area (TPSA) is 233 Å². The van der Waals surface area contributed by atoms with Crippen molar-refractivity contribution in [2.24, 2.45) is 70.9 Å². The number of methoxy groups -OCH3 is 12. The Morgan fingerprint density at radius 2 is 0.653 bits per heavy atom. The van der Waals surface area contributed by atoms with E-state index >= 15 is 0 Å². The van der Waals surface area contributed by atoms with E-state index in [-0.39, 0.29) is 168 Å². The minimum atomic E-state index is -4.14. The maximum absolute atomic E-state index is 13.9. The molecule has 15 unspecified atom stereocenters. The van der Waals surface area contributed by atoms with Gasteiger partial charge in [-0.2, -0.15) is 0 Å². The SMILES string of the molecule is C.C.C.[2H]C1(CC(C)C)CN2C([2H])([2H])C([2H])([2H])c3cc(OC)c(OC)cc3C2([2H])C([2H])([2H])C1=O.[2H]c1c(OC)c(OC)c([2H])c2c1C([2H])([2H])C([2H])([2H])N1CC([2H])(C([2H])([2H])C([2H])(C([2H])([2H])[2H])C([2H])([2H])C)C(=O)C([2H])([2H])C21[2H].[2H]c1c(OC)c(OC)c([2H])c2c1C1([2H])CC(=O)C(C([2H])([2H])C([2H])(C([2H])([2H])[2H])C([2H])([2H])C)CN1C([2H])([2H])C2([2H])[2H].[2H]c1c(OC)c(OC)c([2H])c2c1C1([2H])CC(=O)C(CC(C)C)C([2H])([2H])N1C([2H])([2H])C2([2H])[2H].[2H]c1c(OC)c(OC)c([2H])c2c1C1([2H])CC(=O)C(CC(C)C)CN1C([2H])([2H])C2([2H])[2H].[2H]c1c2c(c([2H])c(OC)c1OC)C1N(CC2)C([2H])([2H])C([2H])(C([2H])([2H])C([2H])(C([2H])([2H])[2H])C([2H])([2H])C)C(=O)C1([2H])[2H]. The van der Waals surface area contributed by atoms with Crippen molar-refractivity contribution in [1.82, 2.24) is 29.4 Å². The Kier molecular flexibility index (Phi) is 19.2. The molecular weight excluding hydrogens is 1810 g/mol. The second-order valence-corrected chi connectivity index (χ2v) is 34.0. The molecule has 6 aromatic carbocycles. The van der Waals surface area contributed by atoms with E-state index < -0.39 is 423 Å². The highest BCUT2D eigenvalue weighted by atomic mass is 16.5. The van der Waals surface area contributed by atoms with Gasteiger partial charge in [-0.1, -0.05) is 124 Å². The van der Waals surface area contributed by atoms with Crippen molar-refractivity contribution in [2.45, 2.75) is 275 Å². The zero-order chi connectivity index (χ0) is 165. The lowest BCUT2D eigenvalue weighted by atomic mass is 9.79. The molecule has 0 N–H and O–H groups in total. The molecule has 24 heteroatoms. The van der Waals surface area contributed by atoms with Crippen LogP contribution in [0.4, 0.5) is 0 Å². The Balaban J connectivity index is 0.000000256. The van der Waals surface area contributed by atoms with Gasteiger partial charge in [0.15, 0.2) is 69.0 Å². The zero-order valence-corrected chi connectivity index (χ0v) is 82.2. The Morgan fingerprint density at radius 3 is 1.08 bits per heavy atom. The Morgan fingerprint density at radius 1 is 0.333 bits per heavy atom. The molecule has 144 heavy (non-hydrogen) atoms.